The van der Waals surface area contributed by atoms with Crippen molar-refractivity contribution >= 4 is 34.4 Å². The van der Waals surface area contributed by atoms with Crippen molar-refractivity contribution in [3.05, 3.63) is 32.9 Å². The molecule has 1 aliphatic carbocycles. The Morgan fingerprint density at radius 1 is 1.21 bits per heavy atom. The second kappa shape index (κ2) is 16.9. The molecule has 0 spiro atoms. The molecule has 3 unspecified atom stereocenters. The number of benzene rings is 1. The van der Waals surface area contributed by atoms with Gasteiger partial charge in [-0.2, -0.15) is 0 Å². The zero-order valence-electron chi connectivity index (χ0n) is 22.2. The number of halogens is 1. The van der Waals surface area contributed by atoms with Crippen LogP contribution >= 0.6 is 22.6 Å². The SMILES string of the molecule is CCOCCCN(C(=O)CCOC)C1CC(C(=O)NCCO)=CC(Oc2c(I)cc(CO)cc2OC)C1O. The topological polar surface area (TPSA) is 147 Å². The van der Waals surface area contributed by atoms with Crippen LogP contribution in [-0.4, -0.2) is 104 Å². The third kappa shape index (κ3) is 9.06. The molecule has 11 nitrogen and oxygen atoms in total. The van der Waals surface area contributed by atoms with Crippen LogP contribution in [0.15, 0.2) is 23.8 Å². The second-order valence-electron chi connectivity index (χ2n) is 8.66. The number of carbonyl (C=O) groups is 2. The molecule has 1 aromatic carbocycles. The highest BCUT2D eigenvalue weighted by atomic mass is 127. The van der Waals surface area contributed by atoms with Crippen LogP contribution in [0.25, 0.3) is 0 Å². The van der Waals surface area contributed by atoms with Crippen LogP contribution in [0.3, 0.4) is 0 Å². The maximum atomic E-state index is 13.2. The molecule has 2 amide bonds. The first-order chi connectivity index (χ1) is 18.3. The molecule has 0 radical (unpaired) electrons. The highest BCUT2D eigenvalue weighted by Gasteiger charge is 2.40. The van der Waals surface area contributed by atoms with E-state index in [2.05, 4.69) is 27.9 Å². The molecule has 1 aromatic rings. The maximum absolute atomic E-state index is 13.2. The molecule has 0 aromatic heterocycles. The van der Waals surface area contributed by atoms with Gasteiger partial charge in [-0.15, -0.1) is 0 Å². The minimum atomic E-state index is -1.17. The van der Waals surface area contributed by atoms with Gasteiger partial charge in [0.2, 0.25) is 11.8 Å². The summed E-state index contributed by atoms with van der Waals surface area (Å²) in [6, 6.07) is 2.61. The van der Waals surface area contributed by atoms with Gasteiger partial charge >= 0.3 is 0 Å². The molecule has 4 N–H and O–H groups in total. The molecule has 0 aliphatic heterocycles. The molecule has 3 atom stereocenters. The highest BCUT2D eigenvalue weighted by molar-refractivity contribution is 14.1. The van der Waals surface area contributed by atoms with E-state index in [1.165, 1.54) is 14.2 Å². The van der Waals surface area contributed by atoms with Crippen LogP contribution in [0, 0.1) is 3.57 Å². The lowest BCUT2D eigenvalue weighted by Gasteiger charge is -2.40. The first-order valence-electron chi connectivity index (χ1n) is 12.6. The highest BCUT2D eigenvalue weighted by Crippen LogP contribution is 2.37. The molecule has 1 aliphatic rings. The van der Waals surface area contributed by atoms with Crippen LogP contribution < -0.4 is 14.8 Å². The summed E-state index contributed by atoms with van der Waals surface area (Å²) in [4.78, 5) is 27.7. The van der Waals surface area contributed by atoms with Gasteiger partial charge in [0.25, 0.3) is 0 Å². The fourth-order valence-electron chi connectivity index (χ4n) is 4.18. The Balaban J connectivity index is 2.45. The largest absolute Gasteiger partial charge is 0.493 e. The van der Waals surface area contributed by atoms with Crippen LogP contribution in [0.1, 0.15) is 31.7 Å². The van der Waals surface area contributed by atoms with Crippen LogP contribution in [-0.2, 0) is 25.7 Å². The lowest BCUT2D eigenvalue weighted by molar-refractivity contribution is -0.139. The molecular weight excluding hydrogens is 611 g/mol. The number of nitrogens with one attached hydrogen (secondary N) is 1. The quantitative estimate of drug-likeness (QED) is 0.152. The predicted octanol–water partition coefficient (Wildman–Crippen LogP) is 0.999. The van der Waals surface area contributed by atoms with Crippen molar-refractivity contribution in [3.8, 4) is 11.5 Å². The van der Waals surface area contributed by atoms with Crippen LogP contribution in [0.5, 0.6) is 11.5 Å². The Hall–Kier alpha value is -1.97. The van der Waals surface area contributed by atoms with Gasteiger partial charge in [0.15, 0.2) is 11.5 Å². The first-order valence-corrected chi connectivity index (χ1v) is 13.7. The van der Waals surface area contributed by atoms with E-state index in [0.717, 1.165) is 0 Å². The number of aliphatic hydroxyl groups excluding tert-OH is 3. The summed E-state index contributed by atoms with van der Waals surface area (Å²) in [5, 5.41) is 32.8. The monoisotopic (exact) mass is 650 g/mol. The summed E-state index contributed by atoms with van der Waals surface area (Å²) in [6.45, 7) is 3.07. The summed E-state index contributed by atoms with van der Waals surface area (Å²) in [5.41, 5.74) is 0.957. The van der Waals surface area contributed by atoms with E-state index in [1.807, 2.05) is 6.92 Å². The van der Waals surface area contributed by atoms with E-state index in [0.29, 0.717) is 52.4 Å². The number of nitrogens with zero attached hydrogens (tertiary/aromatic N) is 1. The average molecular weight is 651 g/mol. The van der Waals surface area contributed by atoms with E-state index in [4.69, 9.17) is 24.1 Å². The Morgan fingerprint density at radius 3 is 2.61 bits per heavy atom. The van der Waals surface area contributed by atoms with Gasteiger partial charge in [-0.1, -0.05) is 0 Å². The van der Waals surface area contributed by atoms with Crippen molar-refractivity contribution in [1.29, 1.82) is 0 Å². The average Bonchev–Trinajstić information content (AvgIpc) is 2.92. The first kappa shape index (κ1) is 32.2. The molecule has 38 heavy (non-hydrogen) atoms. The number of amides is 2. The summed E-state index contributed by atoms with van der Waals surface area (Å²) in [6.07, 6.45) is 0.150. The normalized spacial score (nSPS) is 19.0. The molecule has 0 saturated carbocycles. The van der Waals surface area contributed by atoms with Crippen molar-refractivity contribution in [2.24, 2.45) is 0 Å². The molecular formula is C26H39IN2O9. The Labute approximate surface area is 237 Å². The van der Waals surface area contributed by atoms with Gasteiger partial charge in [-0.3, -0.25) is 9.59 Å². The van der Waals surface area contributed by atoms with E-state index < -0.39 is 24.2 Å². The van der Waals surface area contributed by atoms with Crippen molar-refractivity contribution in [2.45, 2.75) is 51.0 Å². The fourth-order valence-corrected chi connectivity index (χ4v) is 4.98. The lowest BCUT2D eigenvalue weighted by atomic mass is 9.88. The summed E-state index contributed by atoms with van der Waals surface area (Å²) < 4.78 is 22.9. The summed E-state index contributed by atoms with van der Waals surface area (Å²) in [5.74, 6) is 0.0674. The van der Waals surface area contributed by atoms with Gasteiger partial charge in [-0.25, -0.2) is 0 Å². The molecule has 0 heterocycles. The van der Waals surface area contributed by atoms with Crippen molar-refractivity contribution < 1.29 is 43.9 Å². The van der Waals surface area contributed by atoms with E-state index in [1.54, 1.807) is 23.1 Å². The van der Waals surface area contributed by atoms with Crippen LogP contribution in [0.2, 0.25) is 0 Å². The molecule has 0 fully saturated rings. The third-order valence-corrected chi connectivity index (χ3v) is 6.87. The minimum Gasteiger partial charge on any atom is -0.493 e. The second-order valence-corrected chi connectivity index (χ2v) is 9.83. The number of hydrogen-bond acceptors (Lipinski definition) is 9. The molecule has 214 valence electrons. The molecule has 0 saturated heterocycles. The molecule has 0 bridgehead atoms. The van der Waals surface area contributed by atoms with Crippen LogP contribution in [0.4, 0.5) is 0 Å². The Kier molecular flexibility index (Phi) is 14.3. The zero-order chi connectivity index (χ0) is 28.1. The van der Waals surface area contributed by atoms with E-state index in [-0.39, 0.29) is 45.1 Å². The zero-order valence-corrected chi connectivity index (χ0v) is 24.3. The number of hydrogen-bond donors (Lipinski definition) is 4. The standard InChI is InChI=1S/C26H39IN2O9/c1-4-37-10-5-8-29(23(32)6-11-35-2)20-14-18(26(34)28-7-9-30)15-21(24(20)33)38-25-19(27)12-17(16-31)13-22(25)36-3/h12-13,15,20-21,24,30-31,33H,4-11,14,16H2,1-3H3,(H,28,34). The van der Waals surface area contributed by atoms with Gasteiger partial charge in [0.1, 0.15) is 12.2 Å². The number of rotatable bonds is 16. The Bertz CT molecular complexity index is 944. The van der Waals surface area contributed by atoms with Gasteiger partial charge in [-0.05, 0) is 59.7 Å². The van der Waals surface area contributed by atoms with E-state index in [9.17, 15) is 19.8 Å². The summed E-state index contributed by atoms with van der Waals surface area (Å²) >= 11 is 2.05. The fraction of sp³-hybridized carbons (Fsp3) is 0.615. The van der Waals surface area contributed by atoms with Crippen molar-refractivity contribution in [1.82, 2.24) is 10.2 Å². The van der Waals surface area contributed by atoms with Crippen molar-refractivity contribution in [2.75, 3.05) is 53.7 Å². The van der Waals surface area contributed by atoms with Gasteiger partial charge < -0.3 is 44.5 Å². The molecule has 2 rings (SSSR count). The smallest absolute Gasteiger partial charge is 0.247 e. The number of carbonyl (C=O) groups excluding carboxylic acids is 2. The number of ether oxygens (including phenoxy) is 4. The summed E-state index contributed by atoms with van der Waals surface area (Å²) in [7, 11) is 2.98. The number of methoxy groups -OCH3 is 2. The molecule has 12 heteroatoms. The van der Waals surface area contributed by atoms with Crippen molar-refractivity contribution in [3.63, 3.8) is 0 Å². The predicted molar refractivity (Wildman–Crippen MR) is 148 cm³/mol. The van der Waals surface area contributed by atoms with Gasteiger partial charge in [0, 0.05) is 45.4 Å². The van der Waals surface area contributed by atoms with E-state index >= 15 is 0 Å². The minimum absolute atomic E-state index is 0.0636. The lowest BCUT2D eigenvalue weighted by Crippen LogP contribution is -2.55. The van der Waals surface area contributed by atoms with Gasteiger partial charge in [0.05, 0.1) is 43.0 Å². The Morgan fingerprint density at radius 2 is 1.97 bits per heavy atom. The maximum Gasteiger partial charge on any atom is 0.247 e. The number of aliphatic hydroxyl groups is 3. The third-order valence-electron chi connectivity index (χ3n) is 6.07.